The predicted molar refractivity (Wildman–Crippen MR) is 148 cm³/mol. The standard InChI is InChI=1S/C29H25BrClFN2O5/c1-14-4-7-17(32)12-18(14)25-29(20-8-6-16(31)11-22(20)33-26(29)36)21(13-24(35)34-25)19-10-15(30)5-9-23(19)39-28(2,3)27(37)38/h4-12,21,25H,13H2,1-3H3,(H,33,36)(H,34,35)(H,37,38)/t21-,25+,29+/m1/s1. The van der Waals surface area contributed by atoms with E-state index in [4.69, 9.17) is 16.3 Å². The van der Waals surface area contributed by atoms with Gasteiger partial charge in [0.25, 0.3) is 0 Å². The monoisotopic (exact) mass is 614 g/mol. The molecule has 3 N–H and O–H groups in total. The molecule has 1 fully saturated rings. The van der Waals surface area contributed by atoms with Crippen molar-refractivity contribution in [2.75, 3.05) is 5.32 Å². The molecule has 3 atom stereocenters. The van der Waals surface area contributed by atoms with Crippen LogP contribution in [-0.2, 0) is 19.8 Å². The van der Waals surface area contributed by atoms with E-state index in [0.29, 0.717) is 37.4 Å². The smallest absolute Gasteiger partial charge is 0.347 e. The van der Waals surface area contributed by atoms with Crippen LogP contribution >= 0.6 is 27.5 Å². The van der Waals surface area contributed by atoms with Crippen molar-refractivity contribution in [1.29, 1.82) is 0 Å². The molecule has 0 aliphatic carbocycles. The zero-order valence-corrected chi connectivity index (χ0v) is 23.6. The van der Waals surface area contributed by atoms with Gasteiger partial charge in [-0.25, -0.2) is 9.18 Å². The first kappa shape index (κ1) is 27.1. The highest BCUT2D eigenvalue weighted by Gasteiger charge is 2.62. The maximum atomic E-state index is 14.6. The molecule has 0 saturated carbocycles. The van der Waals surface area contributed by atoms with Gasteiger partial charge in [0.2, 0.25) is 11.8 Å². The molecule has 0 bridgehead atoms. The number of aryl methyl sites for hydroxylation is 1. The first-order chi connectivity index (χ1) is 18.3. The fourth-order valence-electron chi connectivity index (χ4n) is 5.65. The lowest BCUT2D eigenvalue weighted by Gasteiger charge is -2.47. The van der Waals surface area contributed by atoms with Gasteiger partial charge in [0.15, 0.2) is 5.60 Å². The summed E-state index contributed by atoms with van der Waals surface area (Å²) >= 11 is 9.75. The van der Waals surface area contributed by atoms with Gasteiger partial charge in [-0.05, 0) is 79.9 Å². The summed E-state index contributed by atoms with van der Waals surface area (Å²) in [4.78, 5) is 39.5. The minimum Gasteiger partial charge on any atom is -0.478 e. The van der Waals surface area contributed by atoms with E-state index < -0.39 is 40.7 Å². The van der Waals surface area contributed by atoms with Gasteiger partial charge in [-0.3, -0.25) is 9.59 Å². The first-order valence-corrected chi connectivity index (χ1v) is 13.4. The second kappa shape index (κ2) is 9.64. The molecule has 2 amide bonds. The van der Waals surface area contributed by atoms with Crippen molar-refractivity contribution < 1.29 is 28.6 Å². The van der Waals surface area contributed by atoms with E-state index in [-0.39, 0.29) is 18.1 Å². The van der Waals surface area contributed by atoms with Gasteiger partial charge < -0.3 is 20.5 Å². The maximum absolute atomic E-state index is 14.6. The van der Waals surface area contributed by atoms with E-state index in [2.05, 4.69) is 26.6 Å². The number of ether oxygens (including phenoxy) is 1. The van der Waals surface area contributed by atoms with Crippen LogP contribution in [0.3, 0.4) is 0 Å². The number of anilines is 1. The number of carboxylic acid groups (broad SMARTS) is 1. The van der Waals surface area contributed by atoms with Crippen LogP contribution in [0.2, 0.25) is 5.02 Å². The molecule has 3 aromatic rings. The molecule has 10 heteroatoms. The van der Waals surface area contributed by atoms with Crippen molar-refractivity contribution in [3.05, 3.63) is 92.2 Å². The average Bonchev–Trinajstić information content (AvgIpc) is 3.14. The number of carbonyl (C=O) groups is 3. The SMILES string of the molecule is Cc1ccc(F)cc1[C@@H]1NC(=O)C[C@H](c2cc(Br)ccc2OC(C)(C)C(=O)O)[C@]12C(=O)Nc1cc(Cl)ccc12. The molecule has 1 spiro atoms. The number of halogens is 3. The van der Waals surface area contributed by atoms with Gasteiger partial charge in [0, 0.05) is 33.1 Å². The first-order valence-electron chi connectivity index (χ1n) is 12.2. The summed E-state index contributed by atoms with van der Waals surface area (Å²) < 4.78 is 21.3. The van der Waals surface area contributed by atoms with Crippen molar-refractivity contribution >= 4 is 51.0 Å². The number of carboxylic acids is 1. The number of carbonyl (C=O) groups excluding carboxylic acids is 2. The molecule has 1 saturated heterocycles. The zero-order chi connectivity index (χ0) is 28.3. The Kier molecular flexibility index (Phi) is 6.71. The molecule has 5 rings (SSSR count). The summed E-state index contributed by atoms with van der Waals surface area (Å²) in [5.41, 5.74) is -0.377. The normalized spacial score (nSPS) is 22.3. The van der Waals surface area contributed by atoms with Crippen LogP contribution in [0.5, 0.6) is 5.75 Å². The van der Waals surface area contributed by atoms with Crippen LogP contribution < -0.4 is 15.4 Å². The number of hydrogen-bond donors (Lipinski definition) is 3. The molecule has 2 aliphatic heterocycles. The Hall–Kier alpha value is -3.43. The van der Waals surface area contributed by atoms with Crippen LogP contribution in [0.15, 0.2) is 59.1 Å². The van der Waals surface area contributed by atoms with E-state index in [1.807, 2.05) is 0 Å². The lowest BCUT2D eigenvalue weighted by atomic mass is 9.59. The Labute approximate surface area is 237 Å². The van der Waals surface area contributed by atoms with Gasteiger partial charge >= 0.3 is 5.97 Å². The molecule has 39 heavy (non-hydrogen) atoms. The molecule has 0 aromatic heterocycles. The number of benzene rings is 3. The number of fused-ring (bicyclic) bond motifs is 2. The summed E-state index contributed by atoms with van der Waals surface area (Å²) in [6.07, 6.45) is -0.110. The van der Waals surface area contributed by atoms with Crippen LogP contribution in [0.25, 0.3) is 0 Å². The molecule has 2 aliphatic rings. The second-order valence-electron chi connectivity index (χ2n) is 10.4. The summed E-state index contributed by atoms with van der Waals surface area (Å²) in [5.74, 6) is -3.04. The van der Waals surface area contributed by atoms with Crippen LogP contribution in [-0.4, -0.2) is 28.5 Å². The van der Waals surface area contributed by atoms with Crippen molar-refractivity contribution in [3.63, 3.8) is 0 Å². The molecular weight excluding hydrogens is 591 g/mol. The van der Waals surface area contributed by atoms with Gasteiger partial charge in [-0.2, -0.15) is 0 Å². The minimum atomic E-state index is -1.60. The quantitative estimate of drug-likeness (QED) is 0.325. The van der Waals surface area contributed by atoms with E-state index in [1.54, 1.807) is 49.4 Å². The summed E-state index contributed by atoms with van der Waals surface area (Å²) in [7, 11) is 0. The second-order valence-corrected chi connectivity index (χ2v) is 11.7. The third-order valence-electron chi connectivity index (χ3n) is 7.53. The van der Waals surface area contributed by atoms with E-state index in [9.17, 15) is 23.9 Å². The number of amides is 2. The highest BCUT2D eigenvalue weighted by atomic mass is 79.9. The van der Waals surface area contributed by atoms with Crippen molar-refractivity contribution in [3.8, 4) is 5.75 Å². The van der Waals surface area contributed by atoms with Gasteiger partial charge in [-0.15, -0.1) is 0 Å². The molecule has 2 heterocycles. The molecule has 0 unspecified atom stereocenters. The zero-order valence-electron chi connectivity index (χ0n) is 21.3. The van der Waals surface area contributed by atoms with Crippen molar-refractivity contribution in [2.45, 2.75) is 50.2 Å². The molecule has 202 valence electrons. The average molecular weight is 616 g/mol. The number of piperidine rings is 1. The Morgan fingerprint density at radius 3 is 2.59 bits per heavy atom. The topological polar surface area (TPSA) is 105 Å². The molecule has 0 radical (unpaired) electrons. The predicted octanol–water partition coefficient (Wildman–Crippen LogP) is 6.03. The number of rotatable bonds is 5. The Morgan fingerprint density at radius 1 is 1.13 bits per heavy atom. The minimum absolute atomic E-state index is 0.110. The maximum Gasteiger partial charge on any atom is 0.347 e. The van der Waals surface area contributed by atoms with Gasteiger partial charge in [-0.1, -0.05) is 39.7 Å². The molecule has 3 aromatic carbocycles. The summed E-state index contributed by atoms with van der Waals surface area (Å²) in [6, 6.07) is 13.4. The van der Waals surface area contributed by atoms with Crippen molar-refractivity contribution in [2.24, 2.45) is 0 Å². The third kappa shape index (κ3) is 4.47. The highest BCUT2D eigenvalue weighted by Crippen LogP contribution is 2.59. The van der Waals surface area contributed by atoms with Crippen LogP contribution in [0.4, 0.5) is 10.1 Å². The number of aliphatic carboxylic acids is 1. The largest absolute Gasteiger partial charge is 0.478 e. The van der Waals surface area contributed by atoms with Gasteiger partial charge in [0.1, 0.15) is 17.0 Å². The molecule has 7 nitrogen and oxygen atoms in total. The Balaban J connectivity index is 1.82. The fraction of sp³-hybridized carbons (Fsp3) is 0.276. The van der Waals surface area contributed by atoms with Crippen LogP contribution in [0, 0.1) is 12.7 Å². The fourth-order valence-corrected chi connectivity index (χ4v) is 6.20. The highest BCUT2D eigenvalue weighted by molar-refractivity contribution is 9.10. The lowest BCUT2D eigenvalue weighted by molar-refractivity contribution is -0.152. The Bertz CT molecular complexity index is 1540. The van der Waals surface area contributed by atoms with E-state index >= 15 is 0 Å². The Morgan fingerprint density at radius 2 is 1.87 bits per heavy atom. The van der Waals surface area contributed by atoms with E-state index in [1.165, 1.54) is 26.0 Å². The van der Waals surface area contributed by atoms with Crippen LogP contribution in [0.1, 0.15) is 54.5 Å². The van der Waals surface area contributed by atoms with E-state index in [0.717, 1.165) is 0 Å². The number of hydrogen-bond acceptors (Lipinski definition) is 4. The number of nitrogens with one attached hydrogen (secondary N) is 2. The summed E-state index contributed by atoms with van der Waals surface area (Å²) in [6.45, 7) is 4.63. The van der Waals surface area contributed by atoms with Crippen molar-refractivity contribution in [1.82, 2.24) is 5.32 Å². The third-order valence-corrected chi connectivity index (χ3v) is 8.26. The molecular formula is C29H25BrClFN2O5. The van der Waals surface area contributed by atoms with Gasteiger partial charge in [0.05, 0.1) is 6.04 Å². The summed E-state index contributed by atoms with van der Waals surface area (Å²) in [5, 5.41) is 16.1. The lowest BCUT2D eigenvalue weighted by Crippen LogP contribution is -2.57.